The lowest BCUT2D eigenvalue weighted by atomic mass is 9.82. The Hall–Kier alpha value is -1.41. The van der Waals surface area contributed by atoms with Gasteiger partial charge in [0.2, 0.25) is 10.0 Å². The molecule has 0 radical (unpaired) electrons. The first-order chi connectivity index (χ1) is 12.8. The first kappa shape index (κ1) is 18.9. The van der Waals surface area contributed by atoms with Crippen molar-refractivity contribution in [3.05, 3.63) is 58.1 Å². The maximum Gasteiger partial charge on any atom is 0.243 e. The Morgan fingerprint density at radius 3 is 2.70 bits per heavy atom. The summed E-state index contributed by atoms with van der Waals surface area (Å²) in [7, 11) is -1.64. The summed E-state index contributed by atoms with van der Waals surface area (Å²) in [5.74, 6) is 0.0568. The van der Waals surface area contributed by atoms with Crippen LogP contribution < -0.4 is 4.90 Å². The Balaban J connectivity index is 1.85. The molecule has 2 aliphatic heterocycles. The van der Waals surface area contributed by atoms with E-state index < -0.39 is 10.0 Å². The normalized spacial score (nSPS) is 25.3. The van der Waals surface area contributed by atoms with Crippen molar-refractivity contribution in [2.45, 2.75) is 30.3 Å². The van der Waals surface area contributed by atoms with Crippen LogP contribution in [-0.2, 0) is 10.0 Å². The molecule has 1 saturated heterocycles. The molecule has 27 heavy (non-hydrogen) atoms. The van der Waals surface area contributed by atoms with Crippen LogP contribution in [0.1, 0.15) is 23.6 Å². The van der Waals surface area contributed by atoms with Gasteiger partial charge in [0.05, 0.1) is 23.6 Å². The van der Waals surface area contributed by atoms with Gasteiger partial charge >= 0.3 is 0 Å². The number of anilines is 1. The summed E-state index contributed by atoms with van der Waals surface area (Å²) in [5.41, 5.74) is 2.90. The number of aliphatic hydroxyl groups excluding tert-OH is 1. The van der Waals surface area contributed by atoms with E-state index in [1.54, 1.807) is 22.5 Å². The fourth-order valence-corrected chi connectivity index (χ4v) is 6.71. The number of halogens is 1. The highest BCUT2D eigenvalue weighted by molar-refractivity contribution is 9.10. The van der Waals surface area contributed by atoms with Crippen LogP contribution in [0.5, 0.6) is 0 Å². The fraction of sp³-hybridized carbons (Fsp3) is 0.400. The number of benzene rings is 2. The molecule has 5 nitrogen and oxygen atoms in total. The highest BCUT2D eigenvalue weighted by Crippen LogP contribution is 2.50. The zero-order valence-electron chi connectivity index (χ0n) is 15.3. The number of fused-ring (bicyclic) bond motifs is 3. The van der Waals surface area contributed by atoms with E-state index >= 15 is 0 Å². The van der Waals surface area contributed by atoms with Gasteiger partial charge in [0.25, 0.3) is 0 Å². The highest BCUT2D eigenvalue weighted by atomic mass is 79.9. The first-order valence-corrected chi connectivity index (χ1v) is 11.3. The van der Waals surface area contributed by atoms with Crippen molar-refractivity contribution in [3.8, 4) is 0 Å². The number of aliphatic hydroxyl groups is 1. The number of hydrogen-bond donors (Lipinski definition) is 1. The molecule has 2 heterocycles. The summed E-state index contributed by atoms with van der Waals surface area (Å²) in [6.07, 6.45) is 0.733. The lowest BCUT2D eigenvalue weighted by molar-refractivity contribution is 0.193. The van der Waals surface area contributed by atoms with Crippen LogP contribution in [0.3, 0.4) is 0 Å². The van der Waals surface area contributed by atoms with Crippen molar-refractivity contribution in [2.75, 3.05) is 25.1 Å². The average Bonchev–Trinajstić information content (AvgIpc) is 3.08. The SMILES string of the molecule is Cc1cccc(S(=O)(=O)N2CC[C@@H]3[C@@H](CO)N(C)c4ccc(Br)cc4[C@@H]32)c1. The van der Waals surface area contributed by atoms with Gasteiger partial charge in [-0.1, -0.05) is 28.1 Å². The van der Waals surface area contributed by atoms with Crippen LogP contribution in [-0.4, -0.2) is 44.1 Å². The van der Waals surface area contributed by atoms with Crippen molar-refractivity contribution in [1.82, 2.24) is 4.31 Å². The number of rotatable bonds is 3. The van der Waals surface area contributed by atoms with Gasteiger partial charge in [-0.25, -0.2) is 8.42 Å². The van der Waals surface area contributed by atoms with Gasteiger partial charge in [-0.15, -0.1) is 0 Å². The minimum Gasteiger partial charge on any atom is -0.394 e. The van der Waals surface area contributed by atoms with E-state index in [2.05, 4.69) is 20.8 Å². The summed E-state index contributed by atoms with van der Waals surface area (Å²) < 4.78 is 29.5. The lowest BCUT2D eigenvalue weighted by Crippen LogP contribution is -2.48. The van der Waals surface area contributed by atoms with Crippen LogP contribution in [0.15, 0.2) is 51.8 Å². The Bertz CT molecular complexity index is 979. The van der Waals surface area contributed by atoms with Gasteiger partial charge in [-0.2, -0.15) is 4.31 Å². The number of aryl methyl sites for hydroxylation is 1. The largest absolute Gasteiger partial charge is 0.394 e. The molecule has 144 valence electrons. The number of likely N-dealkylation sites (N-methyl/N-ethyl adjacent to an activating group) is 1. The molecule has 1 N–H and O–H groups in total. The summed E-state index contributed by atoms with van der Waals surface area (Å²) in [5, 5.41) is 10.0. The highest BCUT2D eigenvalue weighted by Gasteiger charge is 2.50. The third-order valence-electron chi connectivity index (χ3n) is 5.86. The summed E-state index contributed by atoms with van der Waals surface area (Å²) in [6.45, 7) is 2.36. The Morgan fingerprint density at radius 2 is 2.00 bits per heavy atom. The Kier molecular flexibility index (Phi) is 4.83. The van der Waals surface area contributed by atoms with E-state index in [4.69, 9.17) is 0 Å². The van der Waals surface area contributed by atoms with Gasteiger partial charge in [0.15, 0.2) is 0 Å². The number of nitrogens with zero attached hydrogens (tertiary/aromatic N) is 2. The molecular formula is C20H23BrN2O3S. The maximum absolute atomic E-state index is 13.5. The van der Waals surface area contributed by atoms with Crippen LogP contribution in [0.4, 0.5) is 5.69 Å². The maximum atomic E-state index is 13.5. The molecule has 0 aliphatic carbocycles. The van der Waals surface area contributed by atoms with Gasteiger partial charge in [0, 0.05) is 29.7 Å². The van der Waals surface area contributed by atoms with Crippen molar-refractivity contribution in [2.24, 2.45) is 5.92 Å². The number of sulfonamides is 1. The van der Waals surface area contributed by atoms with E-state index in [-0.39, 0.29) is 24.6 Å². The van der Waals surface area contributed by atoms with E-state index in [1.807, 2.05) is 38.2 Å². The third kappa shape index (κ3) is 3.01. The molecule has 0 saturated carbocycles. The summed E-state index contributed by atoms with van der Waals surface area (Å²) >= 11 is 3.53. The molecule has 0 bridgehead atoms. The second-order valence-electron chi connectivity index (χ2n) is 7.39. The lowest BCUT2D eigenvalue weighted by Gasteiger charge is -2.44. The fourth-order valence-electron chi connectivity index (χ4n) is 4.56. The van der Waals surface area contributed by atoms with Crippen LogP contribution >= 0.6 is 15.9 Å². The predicted octanol–water partition coefficient (Wildman–Crippen LogP) is 3.32. The molecule has 0 unspecified atom stereocenters. The van der Waals surface area contributed by atoms with Gasteiger partial charge < -0.3 is 10.0 Å². The molecular weight excluding hydrogens is 428 g/mol. The van der Waals surface area contributed by atoms with E-state index in [1.165, 1.54) is 0 Å². The van der Waals surface area contributed by atoms with Crippen LogP contribution in [0.2, 0.25) is 0 Å². The monoisotopic (exact) mass is 450 g/mol. The standard InChI is InChI=1S/C20H23BrN2O3S/c1-13-4-3-5-15(10-13)27(25,26)23-9-8-16-19(12-24)22(2)18-7-6-14(21)11-17(18)20(16)23/h3-7,10-11,16,19-20,24H,8-9,12H2,1-2H3/t16-,19-,20-/m1/s1. The van der Waals surface area contributed by atoms with Crippen molar-refractivity contribution in [1.29, 1.82) is 0 Å². The molecule has 7 heteroatoms. The summed E-state index contributed by atoms with van der Waals surface area (Å²) in [6, 6.07) is 12.7. The second kappa shape index (κ2) is 6.88. The molecule has 2 aromatic rings. The molecule has 0 spiro atoms. The minimum absolute atomic E-state index is 0.00546. The smallest absolute Gasteiger partial charge is 0.243 e. The second-order valence-corrected chi connectivity index (χ2v) is 10.2. The zero-order chi connectivity index (χ0) is 19.3. The summed E-state index contributed by atoms with van der Waals surface area (Å²) in [4.78, 5) is 2.42. The number of hydrogen-bond acceptors (Lipinski definition) is 4. The predicted molar refractivity (Wildman–Crippen MR) is 109 cm³/mol. The Morgan fingerprint density at radius 1 is 1.22 bits per heavy atom. The van der Waals surface area contributed by atoms with Crippen LogP contribution in [0.25, 0.3) is 0 Å². The molecule has 4 rings (SSSR count). The van der Waals surface area contributed by atoms with Gasteiger partial charge in [0.1, 0.15) is 0 Å². The molecule has 0 amide bonds. The molecule has 3 atom stereocenters. The minimum atomic E-state index is -3.62. The topological polar surface area (TPSA) is 60.9 Å². The van der Waals surface area contributed by atoms with E-state index in [9.17, 15) is 13.5 Å². The van der Waals surface area contributed by atoms with Crippen LogP contribution in [0, 0.1) is 12.8 Å². The molecule has 2 aliphatic rings. The van der Waals surface area contributed by atoms with Crippen molar-refractivity contribution >= 4 is 31.6 Å². The van der Waals surface area contributed by atoms with Gasteiger partial charge in [-0.3, -0.25) is 0 Å². The zero-order valence-corrected chi connectivity index (χ0v) is 17.7. The Labute approximate surface area is 168 Å². The molecule has 2 aromatic carbocycles. The third-order valence-corrected chi connectivity index (χ3v) is 8.23. The molecule has 0 aromatic heterocycles. The average molecular weight is 451 g/mol. The van der Waals surface area contributed by atoms with E-state index in [0.717, 1.165) is 27.7 Å². The van der Waals surface area contributed by atoms with Crippen molar-refractivity contribution < 1.29 is 13.5 Å². The first-order valence-electron chi connectivity index (χ1n) is 9.06. The van der Waals surface area contributed by atoms with Gasteiger partial charge in [-0.05, 0) is 54.8 Å². The van der Waals surface area contributed by atoms with E-state index in [0.29, 0.717) is 11.4 Å². The molecule has 1 fully saturated rings. The quantitative estimate of drug-likeness (QED) is 0.778. The van der Waals surface area contributed by atoms with Crippen molar-refractivity contribution in [3.63, 3.8) is 0 Å².